The smallest absolute Gasteiger partial charge is 0.342 e. The van der Waals surface area contributed by atoms with Crippen molar-refractivity contribution in [2.24, 2.45) is 5.41 Å². The van der Waals surface area contributed by atoms with E-state index in [9.17, 15) is 14.4 Å². The zero-order valence-corrected chi connectivity index (χ0v) is 23.4. The molecule has 0 saturated carbocycles. The van der Waals surface area contributed by atoms with Crippen molar-refractivity contribution in [3.05, 3.63) is 95.8 Å². The molecule has 39 heavy (non-hydrogen) atoms. The lowest BCUT2D eigenvalue weighted by atomic mass is 9.97. The first-order valence-corrected chi connectivity index (χ1v) is 13.6. The van der Waals surface area contributed by atoms with Gasteiger partial charge in [0.25, 0.3) is 0 Å². The van der Waals surface area contributed by atoms with Crippen molar-refractivity contribution in [2.45, 2.75) is 44.9 Å². The van der Waals surface area contributed by atoms with Gasteiger partial charge in [-0.15, -0.1) is 0 Å². The van der Waals surface area contributed by atoms with Gasteiger partial charge in [0.2, 0.25) is 5.12 Å². The zero-order chi connectivity index (χ0) is 28.2. The summed E-state index contributed by atoms with van der Waals surface area (Å²) in [5.41, 5.74) is 4.79. The number of hydrogen-bond donors (Lipinski definition) is 0. The largest absolute Gasteiger partial charge is 0.493 e. The van der Waals surface area contributed by atoms with E-state index in [0.29, 0.717) is 36.5 Å². The first-order chi connectivity index (χ1) is 18.6. The van der Waals surface area contributed by atoms with E-state index in [-0.39, 0.29) is 17.0 Å². The van der Waals surface area contributed by atoms with E-state index in [4.69, 9.17) is 14.2 Å². The third-order valence-electron chi connectivity index (χ3n) is 6.43. The summed E-state index contributed by atoms with van der Waals surface area (Å²) >= 11 is 1.16. The molecule has 0 saturated heterocycles. The van der Waals surface area contributed by atoms with Crippen molar-refractivity contribution in [3.63, 3.8) is 0 Å². The van der Waals surface area contributed by atoms with Crippen LogP contribution in [0.3, 0.4) is 0 Å². The number of fused-ring (bicyclic) bond motifs is 3. The number of benzene rings is 3. The van der Waals surface area contributed by atoms with Gasteiger partial charge in [0.15, 0.2) is 0 Å². The minimum Gasteiger partial charge on any atom is -0.493 e. The maximum Gasteiger partial charge on any atom is 0.342 e. The van der Waals surface area contributed by atoms with Gasteiger partial charge in [0.1, 0.15) is 5.75 Å². The molecule has 0 amide bonds. The zero-order valence-electron chi connectivity index (χ0n) is 22.6. The Hall–Kier alpha value is -3.84. The molecule has 7 heteroatoms. The van der Waals surface area contributed by atoms with E-state index in [1.165, 1.54) is 0 Å². The molecular formula is C32H32O6S. The fourth-order valence-electron chi connectivity index (χ4n) is 4.30. The number of esters is 2. The van der Waals surface area contributed by atoms with Crippen LogP contribution in [0.5, 0.6) is 5.75 Å². The monoisotopic (exact) mass is 544 g/mol. The number of carbonyl (C=O) groups is 3. The molecule has 6 nitrogen and oxygen atoms in total. The SMILES string of the molecule is C=COC(=O)c1ccc2c(c1)C(C)c1cc(C(=O)Sc3ccc(OCCCOC(=O)C(C)(C)C)cc3)ccc1-2. The highest BCUT2D eigenvalue weighted by Gasteiger charge is 2.28. The van der Waals surface area contributed by atoms with Crippen LogP contribution in [0.2, 0.25) is 0 Å². The highest BCUT2D eigenvalue weighted by atomic mass is 32.2. The molecule has 0 fully saturated rings. The molecule has 202 valence electrons. The Morgan fingerprint density at radius 2 is 1.51 bits per heavy atom. The molecule has 0 aliphatic heterocycles. The van der Waals surface area contributed by atoms with E-state index in [2.05, 4.69) is 13.5 Å². The Kier molecular flexibility index (Phi) is 8.60. The maximum absolute atomic E-state index is 13.1. The highest BCUT2D eigenvalue weighted by molar-refractivity contribution is 8.14. The second kappa shape index (κ2) is 11.9. The van der Waals surface area contributed by atoms with E-state index < -0.39 is 11.4 Å². The Balaban J connectivity index is 1.34. The lowest BCUT2D eigenvalue weighted by molar-refractivity contribution is -0.153. The molecule has 0 aromatic heterocycles. The molecule has 0 spiro atoms. The van der Waals surface area contributed by atoms with Crippen LogP contribution >= 0.6 is 11.8 Å². The molecule has 0 N–H and O–H groups in total. The number of hydrogen-bond acceptors (Lipinski definition) is 7. The Morgan fingerprint density at radius 1 is 0.897 bits per heavy atom. The number of ether oxygens (including phenoxy) is 3. The van der Waals surface area contributed by atoms with Gasteiger partial charge in [-0.25, -0.2) is 4.79 Å². The van der Waals surface area contributed by atoms with Gasteiger partial charge in [0, 0.05) is 22.8 Å². The molecule has 1 aliphatic carbocycles. The summed E-state index contributed by atoms with van der Waals surface area (Å²) in [6.45, 7) is 11.7. The third kappa shape index (κ3) is 6.60. The Bertz CT molecular complexity index is 1400. The summed E-state index contributed by atoms with van der Waals surface area (Å²) in [7, 11) is 0. The van der Waals surface area contributed by atoms with E-state index >= 15 is 0 Å². The molecular weight excluding hydrogens is 512 g/mol. The van der Waals surface area contributed by atoms with Gasteiger partial charge >= 0.3 is 11.9 Å². The first kappa shape index (κ1) is 28.2. The predicted molar refractivity (Wildman–Crippen MR) is 152 cm³/mol. The van der Waals surface area contributed by atoms with Gasteiger partial charge < -0.3 is 14.2 Å². The number of thioether (sulfide) groups is 1. The van der Waals surface area contributed by atoms with Gasteiger partial charge in [-0.1, -0.05) is 25.6 Å². The third-order valence-corrected chi connectivity index (χ3v) is 7.35. The van der Waals surface area contributed by atoms with Crippen molar-refractivity contribution < 1.29 is 28.6 Å². The van der Waals surface area contributed by atoms with Gasteiger partial charge in [0.05, 0.1) is 30.5 Å². The van der Waals surface area contributed by atoms with Crippen molar-refractivity contribution in [1.29, 1.82) is 0 Å². The molecule has 1 atom stereocenters. The average Bonchev–Trinajstić information content (AvgIpc) is 3.19. The fourth-order valence-corrected chi connectivity index (χ4v) is 5.03. The molecule has 1 unspecified atom stereocenters. The summed E-state index contributed by atoms with van der Waals surface area (Å²) in [5.74, 6) is 0.0594. The minimum absolute atomic E-state index is 0.0395. The van der Waals surface area contributed by atoms with Crippen molar-refractivity contribution in [2.75, 3.05) is 13.2 Å². The maximum atomic E-state index is 13.1. The number of rotatable bonds is 9. The van der Waals surface area contributed by atoms with Crippen LogP contribution in [0, 0.1) is 5.41 Å². The molecule has 0 bridgehead atoms. The quantitative estimate of drug-likeness (QED) is 0.120. The summed E-state index contributed by atoms with van der Waals surface area (Å²) in [5, 5.41) is -0.0504. The van der Waals surface area contributed by atoms with Crippen LogP contribution in [0.15, 0.2) is 78.4 Å². The standard InChI is InChI=1S/C32H32O6S/c1-6-36-29(33)21-8-14-25-26-15-9-22(19-28(26)20(2)27(25)18-21)30(34)39-24-12-10-23(11-13-24)37-16-7-17-38-31(35)32(3,4)5/h6,8-15,18-20H,1,7,16-17H2,2-5H3. The fraction of sp³-hybridized carbons (Fsp3) is 0.281. The van der Waals surface area contributed by atoms with E-state index in [1.54, 1.807) is 6.07 Å². The Labute approximate surface area is 233 Å². The second-order valence-electron chi connectivity index (χ2n) is 10.3. The molecule has 0 heterocycles. The molecule has 4 rings (SSSR count). The number of carbonyl (C=O) groups excluding carboxylic acids is 3. The summed E-state index contributed by atoms with van der Waals surface area (Å²) in [6.07, 6.45) is 1.72. The summed E-state index contributed by atoms with van der Waals surface area (Å²) in [4.78, 5) is 37.8. The van der Waals surface area contributed by atoms with Crippen molar-refractivity contribution >= 4 is 28.8 Å². The molecule has 3 aromatic rings. The minimum atomic E-state index is -0.512. The predicted octanol–water partition coefficient (Wildman–Crippen LogP) is 7.41. The van der Waals surface area contributed by atoms with Crippen LogP contribution in [-0.4, -0.2) is 30.3 Å². The van der Waals surface area contributed by atoms with Crippen LogP contribution in [0.1, 0.15) is 71.9 Å². The molecule has 0 radical (unpaired) electrons. The van der Waals surface area contributed by atoms with Crippen molar-refractivity contribution in [3.8, 4) is 16.9 Å². The van der Waals surface area contributed by atoms with Gasteiger partial charge in [-0.3, -0.25) is 9.59 Å². The topological polar surface area (TPSA) is 78.9 Å². The molecule has 3 aromatic carbocycles. The van der Waals surface area contributed by atoms with Gasteiger partial charge in [-0.2, -0.15) is 0 Å². The van der Waals surface area contributed by atoms with Crippen LogP contribution < -0.4 is 4.74 Å². The van der Waals surface area contributed by atoms with E-state index in [1.807, 2.05) is 75.4 Å². The summed E-state index contributed by atoms with van der Waals surface area (Å²) in [6, 6.07) is 18.7. The lowest BCUT2D eigenvalue weighted by Gasteiger charge is -2.16. The van der Waals surface area contributed by atoms with Crippen LogP contribution in [0.25, 0.3) is 11.1 Å². The van der Waals surface area contributed by atoms with Crippen LogP contribution in [-0.2, 0) is 14.3 Å². The summed E-state index contributed by atoms with van der Waals surface area (Å²) < 4.78 is 15.9. The average molecular weight is 545 g/mol. The first-order valence-electron chi connectivity index (χ1n) is 12.8. The van der Waals surface area contributed by atoms with Crippen LogP contribution in [0.4, 0.5) is 0 Å². The van der Waals surface area contributed by atoms with Gasteiger partial charge in [-0.05, 0) is 103 Å². The van der Waals surface area contributed by atoms with Crippen molar-refractivity contribution in [1.82, 2.24) is 0 Å². The Morgan fingerprint density at radius 3 is 2.13 bits per heavy atom. The lowest BCUT2D eigenvalue weighted by Crippen LogP contribution is -2.23. The normalized spacial score (nSPS) is 13.7. The molecule has 1 aliphatic rings. The second-order valence-corrected chi connectivity index (χ2v) is 11.4. The van der Waals surface area contributed by atoms with E-state index in [0.717, 1.165) is 45.2 Å². The highest BCUT2D eigenvalue weighted by Crippen LogP contribution is 2.45.